The molecule has 0 heterocycles. The van der Waals surface area contributed by atoms with E-state index in [2.05, 4.69) is 34.8 Å². The molecule has 5 heteroatoms. The molecular formula is C19H20N2O3. The fourth-order valence-electron chi connectivity index (χ4n) is 3.02. The lowest BCUT2D eigenvalue weighted by Crippen LogP contribution is -2.22. The number of benzene rings is 2. The normalized spacial score (nSPS) is 17.3. The Morgan fingerprint density at radius 3 is 2.46 bits per heavy atom. The molecule has 0 radical (unpaired) electrons. The van der Waals surface area contributed by atoms with Crippen molar-refractivity contribution in [2.45, 2.75) is 31.6 Å². The smallest absolute Gasteiger partial charge is 0.275 e. The van der Waals surface area contributed by atoms with Gasteiger partial charge in [0, 0.05) is 5.71 Å². The van der Waals surface area contributed by atoms with Crippen molar-refractivity contribution < 1.29 is 15.0 Å². The van der Waals surface area contributed by atoms with Gasteiger partial charge in [0.1, 0.15) is 11.5 Å². The molecule has 1 amide bonds. The Balaban J connectivity index is 1.58. The van der Waals surface area contributed by atoms with E-state index in [1.807, 2.05) is 6.07 Å². The molecule has 0 unspecified atom stereocenters. The van der Waals surface area contributed by atoms with E-state index in [1.54, 1.807) is 0 Å². The first-order valence-corrected chi connectivity index (χ1v) is 8.06. The summed E-state index contributed by atoms with van der Waals surface area (Å²) in [5, 5.41) is 23.3. The second-order valence-electron chi connectivity index (χ2n) is 6.01. The second-order valence-corrected chi connectivity index (χ2v) is 6.01. The molecule has 0 aromatic heterocycles. The van der Waals surface area contributed by atoms with E-state index < -0.39 is 5.91 Å². The summed E-state index contributed by atoms with van der Waals surface area (Å²) >= 11 is 0. The highest BCUT2D eigenvalue weighted by molar-refractivity contribution is 5.98. The topological polar surface area (TPSA) is 81.9 Å². The Morgan fingerprint density at radius 1 is 1.04 bits per heavy atom. The monoisotopic (exact) mass is 324 g/mol. The number of rotatable bonds is 3. The van der Waals surface area contributed by atoms with Gasteiger partial charge in [-0.2, -0.15) is 5.10 Å². The fourth-order valence-corrected chi connectivity index (χ4v) is 3.02. The second kappa shape index (κ2) is 7.17. The summed E-state index contributed by atoms with van der Waals surface area (Å²) in [5.41, 5.74) is 4.79. The van der Waals surface area contributed by atoms with Gasteiger partial charge in [-0.05, 0) is 55.4 Å². The van der Waals surface area contributed by atoms with Gasteiger partial charge in [-0.1, -0.05) is 30.3 Å². The van der Waals surface area contributed by atoms with Crippen LogP contribution in [0.15, 0.2) is 53.6 Å². The lowest BCUT2D eigenvalue weighted by molar-refractivity contribution is 0.0951. The summed E-state index contributed by atoms with van der Waals surface area (Å²) in [6.45, 7) is 0. The zero-order chi connectivity index (χ0) is 16.9. The lowest BCUT2D eigenvalue weighted by Gasteiger charge is -2.23. The number of nitrogens with one attached hydrogen (secondary N) is 1. The van der Waals surface area contributed by atoms with Crippen molar-refractivity contribution >= 4 is 11.6 Å². The molecule has 1 aliphatic carbocycles. The SMILES string of the molecule is O=C(NN=C1CCC(c2ccccc2)CC1)c1cc(O)ccc1O. The molecule has 24 heavy (non-hydrogen) atoms. The maximum absolute atomic E-state index is 12.1. The van der Waals surface area contributed by atoms with Crippen LogP contribution in [0.3, 0.4) is 0 Å². The fraction of sp³-hybridized carbons (Fsp3) is 0.263. The summed E-state index contributed by atoms with van der Waals surface area (Å²) in [6, 6.07) is 14.3. The zero-order valence-electron chi connectivity index (χ0n) is 13.3. The number of hydrogen-bond donors (Lipinski definition) is 3. The Kier molecular flexibility index (Phi) is 4.79. The average molecular weight is 324 g/mol. The van der Waals surface area contributed by atoms with E-state index >= 15 is 0 Å². The molecule has 0 bridgehead atoms. The molecule has 1 saturated carbocycles. The third kappa shape index (κ3) is 3.74. The maximum atomic E-state index is 12.1. The maximum Gasteiger partial charge on any atom is 0.275 e. The third-order valence-electron chi connectivity index (χ3n) is 4.37. The number of nitrogens with zero attached hydrogens (tertiary/aromatic N) is 1. The van der Waals surface area contributed by atoms with Gasteiger partial charge in [-0.25, -0.2) is 5.43 Å². The number of aromatic hydroxyl groups is 2. The van der Waals surface area contributed by atoms with Crippen molar-refractivity contribution in [2.24, 2.45) is 5.10 Å². The van der Waals surface area contributed by atoms with Gasteiger partial charge in [-0.3, -0.25) is 4.79 Å². The van der Waals surface area contributed by atoms with Gasteiger partial charge in [-0.15, -0.1) is 0 Å². The van der Waals surface area contributed by atoms with Crippen LogP contribution in [0.2, 0.25) is 0 Å². The number of carbonyl (C=O) groups excluding carboxylic acids is 1. The Labute approximate surface area is 140 Å². The molecule has 0 saturated heterocycles. The largest absolute Gasteiger partial charge is 0.508 e. The van der Waals surface area contributed by atoms with E-state index in [0.717, 1.165) is 31.4 Å². The number of phenolic OH excluding ortho intramolecular Hbond substituents is 2. The third-order valence-corrected chi connectivity index (χ3v) is 4.37. The highest BCUT2D eigenvalue weighted by Crippen LogP contribution is 2.31. The van der Waals surface area contributed by atoms with Crippen molar-refractivity contribution in [2.75, 3.05) is 0 Å². The summed E-state index contributed by atoms with van der Waals surface area (Å²) < 4.78 is 0. The number of hydrazone groups is 1. The van der Waals surface area contributed by atoms with Gasteiger partial charge in [0.25, 0.3) is 5.91 Å². The molecule has 1 aliphatic rings. The van der Waals surface area contributed by atoms with Crippen LogP contribution in [-0.4, -0.2) is 21.8 Å². The van der Waals surface area contributed by atoms with Crippen molar-refractivity contribution in [1.29, 1.82) is 0 Å². The molecule has 5 nitrogen and oxygen atoms in total. The van der Waals surface area contributed by atoms with Crippen molar-refractivity contribution in [3.63, 3.8) is 0 Å². The standard InChI is InChI=1S/C19H20N2O3/c22-16-10-11-18(23)17(12-16)19(24)21-20-15-8-6-14(7-9-15)13-4-2-1-3-5-13/h1-5,10-12,14,22-23H,6-9H2,(H,21,24). The van der Waals surface area contributed by atoms with Crippen LogP contribution in [0.5, 0.6) is 11.5 Å². The molecule has 2 aromatic carbocycles. The molecule has 0 spiro atoms. The highest BCUT2D eigenvalue weighted by atomic mass is 16.3. The van der Waals surface area contributed by atoms with Crippen LogP contribution >= 0.6 is 0 Å². The molecule has 2 aromatic rings. The van der Waals surface area contributed by atoms with Crippen molar-refractivity contribution in [3.05, 3.63) is 59.7 Å². The summed E-state index contributed by atoms with van der Waals surface area (Å²) in [4.78, 5) is 12.1. The molecular weight excluding hydrogens is 304 g/mol. The number of phenols is 2. The minimum absolute atomic E-state index is 0.0114. The lowest BCUT2D eigenvalue weighted by atomic mass is 9.83. The average Bonchev–Trinajstić information content (AvgIpc) is 2.63. The van der Waals surface area contributed by atoms with E-state index in [0.29, 0.717) is 5.92 Å². The summed E-state index contributed by atoms with van der Waals surface area (Å²) in [5.74, 6) is -0.246. The Morgan fingerprint density at radius 2 is 1.75 bits per heavy atom. The molecule has 3 N–H and O–H groups in total. The molecule has 1 fully saturated rings. The van der Waals surface area contributed by atoms with Crippen LogP contribution in [0, 0.1) is 0 Å². The predicted molar refractivity (Wildman–Crippen MR) is 92.3 cm³/mol. The minimum Gasteiger partial charge on any atom is -0.508 e. The van der Waals surface area contributed by atoms with Gasteiger partial charge >= 0.3 is 0 Å². The van der Waals surface area contributed by atoms with Gasteiger partial charge in [0.15, 0.2) is 0 Å². The van der Waals surface area contributed by atoms with E-state index in [-0.39, 0.29) is 17.1 Å². The van der Waals surface area contributed by atoms with E-state index in [4.69, 9.17) is 0 Å². The summed E-state index contributed by atoms with van der Waals surface area (Å²) in [7, 11) is 0. The highest BCUT2D eigenvalue weighted by Gasteiger charge is 2.19. The zero-order valence-corrected chi connectivity index (χ0v) is 13.3. The number of carbonyl (C=O) groups is 1. The number of amides is 1. The molecule has 0 atom stereocenters. The van der Waals surface area contributed by atoms with Crippen LogP contribution in [0.1, 0.15) is 47.5 Å². The van der Waals surface area contributed by atoms with E-state index in [1.165, 1.54) is 23.8 Å². The van der Waals surface area contributed by atoms with Crippen molar-refractivity contribution in [3.8, 4) is 11.5 Å². The van der Waals surface area contributed by atoms with Crippen LogP contribution in [0.25, 0.3) is 0 Å². The first kappa shape index (κ1) is 16.1. The van der Waals surface area contributed by atoms with Crippen LogP contribution in [-0.2, 0) is 0 Å². The number of hydrogen-bond acceptors (Lipinski definition) is 4. The molecule has 3 rings (SSSR count). The van der Waals surface area contributed by atoms with E-state index in [9.17, 15) is 15.0 Å². The van der Waals surface area contributed by atoms with Crippen LogP contribution < -0.4 is 5.43 Å². The quantitative estimate of drug-likeness (QED) is 0.596. The first-order valence-electron chi connectivity index (χ1n) is 8.06. The Hall–Kier alpha value is -2.82. The molecule has 0 aliphatic heterocycles. The molecule has 124 valence electrons. The summed E-state index contributed by atoms with van der Waals surface area (Å²) in [6.07, 6.45) is 3.70. The van der Waals surface area contributed by atoms with Crippen molar-refractivity contribution in [1.82, 2.24) is 5.43 Å². The van der Waals surface area contributed by atoms with Gasteiger partial charge in [0.2, 0.25) is 0 Å². The predicted octanol–water partition coefficient (Wildman–Crippen LogP) is 3.54. The van der Waals surface area contributed by atoms with Gasteiger partial charge < -0.3 is 10.2 Å². The van der Waals surface area contributed by atoms with Gasteiger partial charge in [0.05, 0.1) is 5.56 Å². The Bertz CT molecular complexity index is 746. The minimum atomic E-state index is -0.527. The first-order chi connectivity index (χ1) is 11.6. The van der Waals surface area contributed by atoms with Crippen LogP contribution in [0.4, 0.5) is 0 Å².